The Hall–Kier alpha value is -0.450. The number of nitrogens with one attached hydrogen (secondary N) is 1. The van der Waals surface area contributed by atoms with Crippen LogP contribution < -0.4 is 5.32 Å². The molecule has 17 heavy (non-hydrogen) atoms. The standard InChI is InChI=1S/C13H23N3S/c1-12-15-11-13(17-12)10-14-6-9-16-7-4-2-3-5-8-16/h11,14H,2-10H2,1H3. The first-order valence-electron chi connectivity index (χ1n) is 6.69. The normalized spacial score (nSPS) is 18.2. The average molecular weight is 253 g/mol. The van der Waals surface area contributed by atoms with Gasteiger partial charge < -0.3 is 10.2 Å². The van der Waals surface area contributed by atoms with Crippen LogP contribution in [-0.4, -0.2) is 36.1 Å². The van der Waals surface area contributed by atoms with Crippen molar-refractivity contribution in [3.8, 4) is 0 Å². The molecule has 0 unspecified atom stereocenters. The number of aryl methyl sites for hydroxylation is 1. The Labute approximate surface area is 108 Å². The lowest BCUT2D eigenvalue weighted by atomic mass is 10.2. The first-order valence-corrected chi connectivity index (χ1v) is 7.50. The Morgan fingerprint density at radius 1 is 1.29 bits per heavy atom. The van der Waals surface area contributed by atoms with E-state index in [1.54, 1.807) is 11.3 Å². The Balaban J connectivity index is 1.59. The van der Waals surface area contributed by atoms with Gasteiger partial charge in [0.05, 0.1) is 5.01 Å². The van der Waals surface area contributed by atoms with Crippen molar-refractivity contribution in [2.45, 2.75) is 39.2 Å². The lowest BCUT2D eigenvalue weighted by molar-refractivity contribution is 0.284. The Bertz CT molecular complexity index is 316. The second kappa shape index (κ2) is 7.09. The molecule has 0 atom stereocenters. The van der Waals surface area contributed by atoms with Crippen molar-refractivity contribution < 1.29 is 0 Å². The molecule has 0 bridgehead atoms. The summed E-state index contributed by atoms with van der Waals surface area (Å²) in [5.74, 6) is 0. The van der Waals surface area contributed by atoms with Crippen LogP contribution in [0.5, 0.6) is 0 Å². The molecule has 3 nitrogen and oxygen atoms in total. The third-order valence-corrected chi connectivity index (χ3v) is 4.18. The van der Waals surface area contributed by atoms with Crippen LogP contribution in [-0.2, 0) is 6.54 Å². The fourth-order valence-electron chi connectivity index (χ4n) is 2.30. The van der Waals surface area contributed by atoms with E-state index >= 15 is 0 Å². The summed E-state index contributed by atoms with van der Waals surface area (Å²) in [7, 11) is 0. The van der Waals surface area contributed by atoms with E-state index in [2.05, 4.69) is 22.1 Å². The topological polar surface area (TPSA) is 28.2 Å². The van der Waals surface area contributed by atoms with Gasteiger partial charge in [0.1, 0.15) is 0 Å². The maximum atomic E-state index is 4.27. The molecule has 1 fully saturated rings. The number of hydrogen-bond donors (Lipinski definition) is 1. The predicted octanol–water partition coefficient (Wildman–Crippen LogP) is 2.42. The zero-order chi connectivity index (χ0) is 11.9. The van der Waals surface area contributed by atoms with Crippen LogP contribution >= 0.6 is 11.3 Å². The Morgan fingerprint density at radius 3 is 2.71 bits per heavy atom. The number of rotatable bonds is 5. The van der Waals surface area contributed by atoms with E-state index in [1.807, 2.05) is 6.20 Å². The van der Waals surface area contributed by atoms with Gasteiger partial charge in [-0.05, 0) is 32.9 Å². The molecule has 2 rings (SSSR count). The summed E-state index contributed by atoms with van der Waals surface area (Å²) in [6, 6.07) is 0. The third-order valence-electron chi connectivity index (χ3n) is 3.27. The van der Waals surface area contributed by atoms with Gasteiger partial charge in [0, 0.05) is 30.7 Å². The van der Waals surface area contributed by atoms with Crippen molar-refractivity contribution in [2.75, 3.05) is 26.2 Å². The first kappa shape index (κ1) is 13.0. The zero-order valence-electron chi connectivity index (χ0n) is 10.7. The predicted molar refractivity (Wildman–Crippen MR) is 73.5 cm³/mol. The Kier molecular flexibility index (Phi) is 5.42. The molecule has 96 valence electrons. The molecular formula is C13H23N3S. The molecule has 0 aliphatic carbocycles. The van der Waals surface area contributed by atoms with E-state index in [1.165, 1.54) is 50.2 Å². The first-order chi connectivity index (χ1) is 8.34. The molecule has 0 spiro atoms. The van der Waals surface area contributed by atoms with Gasteiger partial charge in [-0.3, -0.25) is 0 Å². The van der Waals surface area contributed by atoms with E-state index in [0.29, 0.717) is 0 Å². The maximum absolute atomic E-state index is 4.27. The number of hydrogen-bond acceptors (Lipinski definition) is 4. The van der Waals surface area contributed by atoms with E-state index in [9.17, 15) is 0 Å². The molecule has 4 heteroatoms. The SMILES string of the molecule is Cc1ncc(CNCCN2CCCCCC2)s1. The minimum Gasteiger partial charge on any atom is -0.311 e. The monoisotopic (exact) mass is 253 g/mol. The van der Waals surface area contributed by atoms with Gasteiger partial charge in [-0.15, -0.1) is 11.3 Å². The largest absolute Gasteiger partial charge is 0.311 e. The van der Waals surface area contributed by atoms with Crippen molar-refractivity contribution in [1.29, 1.82) is 0 Å². The fourth-order valence-corrected chi connectivity index (χ4v) is 3.06. The summed E-state index contributed by atoms with van der Waals surface area (Å²) in [4.78, 5) is 8.21. The molecule has 1 aliphatic heterocycles. The molecule has 0 amide bonds. The molecular weight excluding hydrogens is 230 g/mol. The van der Waals surface area contributed by atoms with Crippen molar-refractivity contribution >= 4 is 11.3 Å². The maximum Gasteiger partial charge on any atom is 0.0897 e. The lowest BCUT2D eigenvalue weighted by Crippen LogP contribution is -2.32. The van der Waals surface area contributed by atoms with Crippen LogP contribution in [0.3, 0.4) is 0 Å². The van der Waals surface area contributed by atoms with Crippen LogP contribution in [0.25, 0.3) is 0 Å². The van der Waals surface area contributed by atoms with Gasteiger partial charge in [-0.25, -0.2) is 4.98 Å². The van der Waals surface area contributed by atoms with E-state index in [0.717, 1.165) is 18.1 Å². The molecule has 1 saturated heterocycles. The van der Waals surface area contributed by atoms with Crippen molar-refractivity contribution in [3.05, 3.63) is 16.1 Å². The smallest absolute Gasteiger partial charge is 0.0897 e. The highest BCUT2D eigenvalue weighted by Crippen LogP contribution is 2.11. The summed E-state index contributed by atoms with van der Waals surface area (Å²) < 4.78 is 0. The molecule has 1 aromatic heterocycles. The van der Waals surface area contributed by atoms with Crippen LogP contribution in [0, 0.1) is 6.92 Å². The van der Waals surface area contributed by atoms with Gasteiger partial charge in [-0.1, -0.05) is 12.8 Å². The van der Waals surface area contributed by atoms with Crippen molar-refractivity contribution in [1.82, 2.24) is 15.2 Å². The minimum atomic E-state index is 0.972. The van der Waals surface area contributed by atoms with Gasteiger partial charge >= 0.3 is 0 Å². The molecule has 1 aromatic rings. The van der Waals surface area contributed by atoms with Crippen molar-refractivity contribution in [2.24, 2.45) is 0 Å². The number of aromatic nitrogens is 1. The summed E-state index contributed by atoms with van der Waals surface area (Å²) >= 11 is 1.79. The van der Waals surface area contributed by atoms with E-state index in [4.69, 9.17) is 0 Å². The lowest BCUT2D eigenvalue weighted by Gasteiger charge is -2.19. The third kappa shape index (κ3) is 4.74. The van der Waals surface area contributed by atoms with Crippen molar-refractivity contribution in [3.63, 3.8) is 0 Å². The minimum absolute atomic E-state index is 0.972. The zero-order valence-corrected chi connectivity index (χ0v) is 11.6. The second-order valence-electron chi connectivity index (χ2n) is 4.78. The molecule has 1 N–H and O–H groups in total. The summed E-state index contributed by atoms with van der Waals surface area (Å²) in [5, 5.41) is 4.67. The summed E-state index contributed by atoms with van der Waals surface area (Å²) in [6.07, 6.45) is 7.59. The van der Waals surface area contributed by atoms with Crippen LogP contribution in [0.4, 0.5) is 0 Å². The molecule has 1 aliphatic rings. The Morgan fingerprint density at radius 2 is 2.06 bits per heavy atom. The highest BCUT2D eigenvalue weighted by Gasteiger charge is 2.07. The summed E-state index contributed by atoms with van der Waals surface area (Å²) in [5.41, 5.74) is 0. The second-order valence-corrected chi connectivity index (χ2v) is 6.10. The van der Waals surface area contributed by atoms with Gasteiger partial charge in [-0.2, -0.15) is 0 Å². The molecule has 2 heterocycles. The van der Waals surface area contributed by atoms with Crippen LogP contribution in [0.2, 0.25) is 0 Å². The number of likely N-dealkylation sites (tertiary alicyclic amines) is 1. The van der Waals surface area contributed by atoms with Gasteiger partial charge in [0.25, 0.3) is 0 Å². The quantitative estimate of drug-likeness (QED) is 0.817. The molecule has 0 saturated carbocycles. The van der Waals surface area contributed by atoms with Gasteiger partial charge in [0.2, 0.25) is 0 Å². The van der Waals surface area contributed by atoms with Crippen LogP contribution in [0.1, 0.15) is 35.6 Å². The molecule has 0 aromatic carbocycles. The average Bonchev–Trinajstić information content (AvgIpc) is 2.59. The fraction of sp³-hybridized carbons (Fsp3) is 0.769. The summed E-state index contributed by atoms with van der Waals surface area (Å²) in [6.45, 7) is 7.90. The molecule has 0 radical (unpaired) electrons. The number of thiazole rings is 1. The van der Waals surface area contributed by atoms with Crippen LogP contribution in [0.15, 0.2) is 6.20 Å². The van der Waals surface area contributed by atoms with E-state index in [-0.39, 0.29) is 0 Å². The van der Waals surface area contributed by atoms with Gasteiger partial charge in [0.15, 0.2) is 0 Å². The highest BCUT2D eigenvalue weighted by atomic mass is 32.1. The number of nitrogens with zero attached hydrogens (tertiary/aromatic N) is 2. The highest BCUT2D eigenvalue weighted by molar-refractivity contribution is 7.11. The van der Waals surface area contributed by atoms with E-state index < -0.39 is 0 Å².